The van der Waals surface area contributed by atoms with E-state index in [0.29, 0.717) is 12.1 Å². The van der Waals surface area contributed by atoms with Crippen LogP contribution in [0.5, 0.6) is 0 Å². The molecule has 0 unspecified atom stereocenters. The molecule has 13 heavy (non-hydrogen) atoms. The van der Waals surface area contributed by atoms with Gasteiger partial charge in [-0.25, -0.2) is 4.98 Å². The molecule has 70 valence electrons. The monoisotopic (exact) mass is 178 g/mol. The summed E-state index contributed by atoms with van der Waals surface area (Å²) in [6.45, 7) is 4.25. The topological polar surface area (TPSA) is 34.9 Å². The molecule has 3 nitrogen and oxygen atoms in total. The summed E-state index contributed by atoms with van der Waals surface area (Å²) in [5.41, 5.74) is 1.86. The van der Waals surface area contributed by atoms with E-state index in [1.165, 1.54) is 0 Å². The van der Waals surface area contributed by atoms with Crippen LogP contribution >= 0.6 is 0 Å². The van der Waals surface area contributed by atoms with Crippen LogP contribution in [0.4, 0.5) is 0 Å². The van der Waals surface area contributed by atoms with Crippen molar-refractivity contribution in [2.24, 2.45) is 12.5 Å². The highest BCUT2D eigenvalue weighted by Crippen LogP contribution is 2.33. The van der Waals surface area contributed by atoms with Gasteiger partial charge in [-0.3, -0.25) is 4.79 Å². The number of hydrogen-bond acceptors (Lipinski definition) is 2. The summed E-state index contributed by atoms with van der Waals surface area (Å²) in [4.78, 5) is 15.8. The Kier molecular flexibility index (Phi) is 1.59. The normalized spacial score (nSPS) is 20.1. The Morgan fingerprint density at radius 2 is 2.15 bits per heavy atom. The molecule has 1 aliphatic carbocycles. The van der Waals surface area contributed by atoms with Crippen LogP contribution in [0, 0.1) is 5.41 Å². The van der Waals surface area contributed by atoms with Gasteiger partial charge in [0.05, 0.1) is 6.33 Å². The molecule has 0 saturated heterocycles. The van der Waals surface area contributed by atoms with Gasteiger partial charge in [0, 0.05) is 19.2 Å². The summed E-state index contributed by atoms with van der Waals surface area (Å²) in [5.74, 6) is 0.187. The summed E-state index contributed by atoms with van der Waals surface area (Å²) in [7, 11) is 1.94. The number of rotatable bonds is 0. The number of aromatic nitrogens is 2. The van der Waals surface area contributed by atoms with E-state index in [-0.39, 0.29) is 11.2 Å². The van der Waals surface area contributed by atoms with Crippen molar-refractivity contribution in [3.63, 3.8) is 0 Å². The van der Waals surface area contributed by atoms with Crippen LogP contribution in [-0.2, 0) is 13.5 Å². The molecule has 2 rings (SSSR count). The number of Topliss-reactive ketones (excluding diaryl/α,β-unsaturated/α-hetero) is 1. The summed E-state index contributed by atoms with van der Waals surface area (Å²) >= 11 is 0. The number of carbonyl (C=O) groups is 1. The molecule has 3 heteroatoms. The van der Waals surface area contributed by atoms with Crippen molar-refractivity contribution in [3.8, 4) is 0 Å². The predicted molar refractivity (Wildman–Crippen MR) is 49.6 cm³/mol. The molecular formula is C10H14N2O. The maximum absolute atomic E-state index is 11.6. The van der Waals surface area contributed by atoms with Crippen LogP contribution < -0.4 is 0 Å². The van der Waals surface area contributed by atoms with Crippen molar-refractivity contribution in [2.45, 2.75) is 26.7 Å². The Bertz CT molecular complexity index is 363. The summed E-state index contributed by atoms with van der Waals surface area (Å²) in [5, 5.41) is 0. The maximum atomic E-state index is 11.6. The fourth-order valence-electron chi connectivity index (χ4n) is 1.93. The molecule has 0 aliphatic heterocycles. The molecule has 1 aromatic heterocycles. The van der Waals surface area contributed by atoms with E-state index in [2.05, 4.69) is 18.8 Å². The lowest BCUT2D eigenvalue weighted by atomic mass is 9.77. The lowest BCUT2D eigenvalue weighted by Gasteiger charge is -2.28. The van der Waals surface area contributed by atoms with Gasteiger partial charge in [0.25, 0.3) is 0 Å². The Labute approximate surface area is 77.8 Å². The van der Waals surface area contributed by atoms with Crippen LogP contribution in [-0.4, -0.2) is 15.3 Å². The minimum atomic E-state index is 0.0951. The number of carbonyl (C=O) groups excluding carboxylic acids is 1. The number of ketones is 1. The third-order valence-electron chi connectivity index (χ3n) is 2.61. The van der Waals surface area contributed by atoms with E-state index >= 15 is 0 Å². The quantitative estimate of drug-likeness (QED) is 0.604. The SMILES string of the molecule is Cn1cnc2c1CC(C)(C)CC2=O. The average Bonchev–Trinajstić information content (AvgIpc) is 2.30. The van der Waals surface area contributed by atoms with E-state index < -0.39 is 0 Å². The van der Waals surface area contributed by atoms with Crippen LogP contribution in [0.1, 0.15) is 36.5 Å². The standard InChI is InChI=1S/C10H14N2O/c1-10(2)4-7-9(8(13)5-10)11-6-12(7)3/h6H,4-5H2,1-3H3. The fourth-order valence-corrected chi connectivity index (χ4v) is 1.93. The highest BCUT2D eigenvalue weighted by Gasteiger charge is 2.33. The van der Waals surface area contributed by atoms with Crippen molar-refractivity contribution in [1.29, 1.82) is 0 Å². The molecule has 0 aromatic carbocycles. The van der Waals surface area contributed by atoms with Gasteiger partial charge in [-0.15, -0.1) is 0 Å². The van der Waals surface area contributed by atoms with E-state index in [1.54, 1.807) is 6.33 Å². The number of fused-ring (bicyclic) bond motifs is 1. The van der Waals surface area contributed by atoms with Gasteiger partial charge in [-0.05, 0) is 11.8 Å². The van der Waals surface area contributed by atoms with Crippen LogP contribution in [0.3, 0.4) is 0 Å². The fraction of sp³-hybridized carbons (Fsp3) is 0.600. The second kappa shape index (κ2) is 2.44. The molecule has 1 aromatic rings. The molecule has 0 N–H and O–H groups in total. The number of hydrogen-bond donors (Lipinski definition) is 0. The molecule has 0 radical (unpaired) electrons. The molecule has 0 fully saturated rings. The number of nitrogens with zero attached hydrogens (tertiary/aromatic N) is 2. The second-order valence-electron chi connectivity index (χ2n) is 4.59. The molecule has 0 bridgehead atoms. The third-order valence-corrected chi connectivity index (χ3v) is 2.61. The van der Waals surface area contributed by atoms with E-state index in [1.807, 2.05) is 11.6 Å². The molecule has 0 amide bonds. The van der Waals surface area contributed by atoms with E-state index in [0.717, 1.165) is 12.1 Å². The van der Waals surface area contributed by atoms with Gasteiger partial charge < -0.3 is 4.57 Å². The first-order valence-electron chi connectivity index (χ1n) is 4.53. The molecule has 1 heterocycles. The van der Waals surface area contributed by atoms with E-state index in [4.69, 9.17) is 0 Å². The highest BCUT2D eigenvalue weighted by molar-refractivity contribution is 5.96. The molecule has 0 atom stereocenters. The summed E-state index contributed by atoms with van der Waals surface area (Å²) in [6, 6.07) is 0. The minimum Gasteiger partial charge on any atom is -0.337 e. The molecule has 0 spiro atoms. The zero-order chi connectivity index (χ0) is 9.64. The smallest absolute Gasteiger partial charge is 0.183 e. The van der Waals surface area contributed by atoms with Gasteiger partial charge in [0.15, 0.2) is 5.78 Å². The van der Waals surface area contributed by atoms with Gasteiger partial charge in [-0.2, -0.15) is 0 Å². The molecular weight excluding hydrogens is 164 g/mol. The summed E-state index contributed by atoms with van der Waals surface area (Å²) in [6.07, 6.45) is 3.30. The van der Waals surface area contributed by atoms with Gasteiger partial charge in [0.1, 0.15) is 5.69 Å². The zero-order valence-electron chi connectivity index (χ0n) is 8.29. The van der Waals surface area contributed by atoms with Gasteiger partial charge >= 0.3 is 0 Å². The first-order chi connectivity index (χ1) is 5.99. The van der Waals surface area contributed by atoms with E-state index in [9.17, 15) is 4.79 Å². The zero-order valence-corrected chi connectivity index (χ0v) is 8.29. The lowest BCUT2D eigenvalue weighted by molar-refractivity contribution is 0.0905. The van der Waals surface area contributed by atoms with Crippen molar-refractivity contribution in [2.75, 3.05) is 0 Å². The number of imidazole rings is 1. The largest absolute Gasteiger partial charge is 0.337 e. The highest BCUT2D eigenvalue weighted by atomic mass is 16.1. The van der Waals surface area contributed by atoms with Crippen LogP contribution in [0.25, 0.3) is 0 Å². The Morgan fingerprint density at radius 1 is 1.46 bits per heavy atom. The summed E-state index contributed by atoms with van der Waals surface area (Å²) < 4.78 is 1.95. The Hall–Kier alpha value is -1.12. The number of aryl methyl sites for hydroxylation is 1. The third kappa shape index (κ3) is 1.28. The second-order valence-corrected chi connectivity index (χ2v) is 4.59. The van der Waals surface area contributed by atoms with Crippen molar-refractivity contribution >= 4 is 5.78 Å². The van der Waals surface area contributed by atoms with Crippen LogP contribution in [0.2, 0.25) is 0 Å². The van der Waals surface area contributed by atoms with Gasteiger partial charge in [-0.1, -0.05) is 13.8 Å². The first-order valence-corrected chi connectivity index (χ1v) is 4.53. The minimum absolute atomic E-state index is 0.0951. The maximum Gasteiger partial charge on any atom is 0.183 e. The van der Waals surface area contributed by atoms with Crippen LogP contribution in [0.15, 0.2) is 6.33 Å². The Balaban J connectivity index is 2.51. The van der Waals surface area contributed by atoms with Crippen molar-refractivity contribution < 1.29 is 4.79 Å². The lowest BCUT2D eigenvalue weighted by Crippen LogP contribution is -2.27. The predicted octanol–water partition coefficient (Wildman–Crippen LogP) is 1.58. The molecule has 1 aliphatic rings. The average molecular weight is 178 g/mol. The van der Waals surface area contributed by atoms with Gasteiger partial charge in [0.2, 0.25) is 0 Å². The molecule has 0 saturated carbocycles. The van der Waals surface area contributed by atoms with Crippen molar-refractivity contribution in [3.05, 3.63) is 17.7 Å². The van der Waals surface area contributed by atoms with Crippen molar-refractivity contribution in [1.82, 2.24) is 9.55 Å². The first kappa shape index (κ1) is 8.48. The Morgan fingerprint density at radius 3 is 2.85 bits per heavy atom.